The molecule has 1 saturated heterocycles. The number of carbonyl (C=O) groups excluding carboxylic acids is 1. The maximum atomic E-state index is 12.0. The van der Waals surface area contributed by atoms with Crippen LogP contribution in [0, 0.1) is 5.92 Å². The van der Waals surface area contributed by atoms with Crippen molar-refractivity contribution in [1.29, 1.82) is 0 Å². The van der Waals surface area contributed by atoms with Crippen molar-refractivity contribution in [2.24, 2.45) is 5.92 Å². The van der Waals surface area contributed by atoms with E-state index >= 15 is 0 Å². The van der Waals surface area contributed by atoms with E-state index < -0.39 is 11.5 Å². The zero-order valence-electron chi connectivity index (χ0n) is 11.2. The lowest BCUT2D eigenvalue weighted by molar-refractivity contribution is -0.147. The van der Waals surface area contributed by atoms with Crippen LogP contribution in [0.1, 0.15) is 27.2 Å². The molecule has 0 aromatic carbocycles. The highest BCUT2D eigenvalue weighted by Crippen LogP contribution is 2.22. The van der Waals surface area contributed by atoms with Crippen LogP contribution in [0.3, 0.4) is 0 Å². The number of nitrogens with one attached hydrogen (secondary N) is 1. The summed E-state index contributed by atoms with van der Waals surface area (Å²) >= 11 is 1.90. The molecule has 1 rings (SSSR count). The fraction of sp³-hybridized carbons (Fsp3) is 0.833. The Labute approximate surface area is 112 Å². The summed E-state index contributed by atoms with van der Waals surface area (Å²) in [6, 6.07) is -0.290. The molecule has 0 aromatic rings. The fourth-order valence-electron chi connectivity index (χ4n) is 1.98. The summed E-state index contributed by atoms with van der Waals surface area (Å²) in [5, 5.41) is 12.0. The molecule has 0 radical (unpaired) electrons. The first kappa shape index (κ1) is 15.1. The van der Waals surface area contributed by atoms with Crippen molar-refractivity contribution < 1.29 is 14.7 Å². The van der Waals surface area contributed by atoms with Crippen LogP contribution < -0.4 is 5.32 Å². The van der Waals surface area contributed by atoms with Gasteiger partial charge in [-0.05, 0) is 44.6 Å². The predicted molar refractivity (Wildman–Crippen MR) is 72.9 cm³/mol. The molecule has 2 amide bonds. The van der Waals surface area contributed by atoms with Gasteiger partial charge in [0.1, 0.15) is 5.54 Å². The number of nitrogens with zero attached hydrogens (tertiary/aromatic N) is 1. The lowest BCUT2D eigenvalue weighted by Gasteiger charge is -2.34. The lowest BCUT2D eigenvalue weighted by atomic mass is 10.0. The van der Waals surface area contributed by atoms with Gasteiger partial charge in [-0.2, -0.15) is 11.8 Å². The zero-order valence-corrected chi connectivity index (χ0v) is 12.0. The van der Waals surface area contributed by atoms with E-state index in [0.29, 0.717) is 19.0 Å². The number of amides is 2. The molecule has 0 aromatic heterocycles. The number of carbonyl (C=O) groups is 2. The van der Waals surface area contributed by atoms with Crippen molar-refractivity contribution in [2.45, 2.75) is 32.7 Å². The van der Waals surface area contributed by atoms with Crippen LogP contribution in [0.4, 0.5) is 4.79 Å². The molecule has 1 heterocycles. The first-order valence-electron chi connectivity index (χ1n) is 6.26. The topological polar surface area (TPSA) is 69.6 Å². The average molecular weight is 274 g/mol. The van der Waals surface area contributed by atoms with Crippen LogP contribution in [-0.2, 0) is 4.79 Å². The predicted octanol–water partition coefficient (Wildman–Crippen LogP) is 1.63. The molecule has 1 aliphatic heterocycles. The van der Waals surface area contributed by atoms with Crippen molar-refractivity contribution in [3.8, 4) is 0 Å². The summed E-state index contributed by atoms with van der Waals surface area (Å²) in [5.74, 6) is 1.76. The summed E-state index contributed by atoms with van der Waals surface area (Å²) in [6.45, 7) is 5.89. The second-order valence-corrected chi connectivity index (χ2v) is 6.17. The van der Waals surface area contributed by atoms with Gasteiger partial charge in [0.2, 0.25) is 0 Å². The molecular weight excluding hydrogens is 252 g/mol. The van der Waals surface area contributed by atoms with E-state index in [1.54, 1.807) is 20.8 Å². The largest absolute Gasteiger partial charge is 0.480 e. The number of rotatable bonds is 5. The van der Waals surface area contributed by atoms with Gasteiger partial charge in [0.05, 0.1) is 0 Å². The third-order valence-corrected chi connectivity index (χ3v) is 4.56. The van der Waals surface area contributed by atoms with Gasteiger partial charge >= 0.3 is 12.0 Å². The molecule has 0 spiro atoms. The quantitative estimate of drug-likeness (QED) is 0.799. The first-order chi connectivity index (χ1) is 8.39. The van der Waals surface area contributed by atoms with E-state index in [2.05, 4.69) is 5.32 Å². The molecule has 6 heteroatoms. The summed E-state index contributed by atoms with van der Waals surface area (Å²) in [6.07, 6.45) is 1.12. The monoisotopic (exact) mass is 274 g/mol. The van der Waals surface area contributed by atoms with Gasteiger partial charge < -0.3 is 15.3 Å². The normalized spacial score (nSPS) is 19.6. The van der Waals surface area contributed by atoms with Crippen molar-refractivity contribution in [3.63, 3.8) is 0 Å². The van der Waals surface area contributed by atoms with E-state index in [1.807, 2.05) is 11.8 Å². The van der Waals surface area contributed by atoms with E-state index in [0.717, 1.165) is 17.9 Å². The Balaban J connectivity index is 2.53. The Morgan fingerprint density at radius 2 is 2.17 bits per heavy atom. The molecular formula is C12H22N2O3S. The van der Waals surface area contributed by atoms with Crippen LogP contribution >= 0.6 is 11.8 Å². The summed E-state index contributed by atoms with van der Waals surface area (Å²) in [5.41, 5.74) is -1.18. The Bertz CT molecular complexity index is 314. The number of aliphatic carboxylic acids is 1. The summed E-state index contributed by atoms with van der Waals surface area (Å²) < 4.78 is 0. The van der Waals surface area contributed by atoms with E-state index in [9.17, 15) is 9.59 Å². The van der Waals surface area contributed by atoms with Crippen molar-refractivity contribution in [1.82, 2.24) is 10.2 Å². The highest BCUT2D eigenvalue weighted by atomic mass is 32.2. The molecule has 104 valence electrons. The standard InChI is InChI=1S/C12H22N2O3S/c1-4-14(12(2,3)10(15)16)11(17)13-7-9-5-6-18-8-9/h9H,4-8H2,1-3H3,(H,13,17)(H,15,16). The minimum absolute atomic E-state index is 0.290. The van der Waals surface area contributed by atoms with Gasteiger partial charge in [-0.25, -0.2) is 9.59 Å². The zero-order chi connectivity index (χ0) is 13.8. The smallest absolute Gasteiger partial charge is 0.329 e. The molecule has 18 heavy (non-hydrogen) atoms. The third-order valence-electron chi connectivity index (χ3n) is 3.33. The lowest BCUT2D eigenvalue weighted by Crippen LogP contribution is -2.56. The van der Waals surface area contributed by atoms with Gasteiger partial charge in [-0.15, -0.1) is 0 Å². The maximum absolute atomic E-state index is 12.0. The van der Waals surface area contributed by atoms with Crippen molar-refractivity contribution in [3.05, 3.63) is 0 Å². The van der Waals surface area contributed by atoms with Crippen LogP contribution in [0.15, 0.2) is 0 Å². The van der Waals surface area contributed by atoms with Crippen LogP contribution in [0.5, 0.6) is 0 Å². The number of hydrogen-bond donors (Lipinski definition) is 2. The molecule has 2 N–H and O–H groups in total. The Kier molecular flexibility index (Phi) is 5.31. The van der Waals surface area contributed by atoms with Crippen LogP contribution in [0.25, 0.3) is 0 Å². The highest BCUT2D eigenvalue weighted by Gasteiger charge is 2.37. The highest BCUT2D eigenvalue weighted by molar-refractivity contribution is 7.99. The summed E-state index contributed by atoms with van der Waals surface area (Å²) in [4.78, 5) is 24.5. The Morgan fingerprint density at radius 3 is 2.61 bits per heavy atom. The minimum Gasteiger partial charge on any atom is -0.480 e. The summed E-state index contributed by atoms with van der Waals surface area (Å²) in [7, 11) is 0. The van der Waals surface area contributed by atoms with Crippen molar-refractivity contribution >= 4 is 23.8 Å². The SMILES string of the molecule is CCN(C(=O)NCC1CCSC1)C(C)(C)C(=O)O. The number of urea groups is 1. The van der Waals surface area contributed by atoms with Crippen LogP contribution in [0.2, 0.25) is 0 Å². The van der Waals surface area contributed by atoms with E-state index in [-0.39, 0.29) is 6.03 Å². The molecule has 1 atom stereocenters. The average Bonchev–Trinajstić information content (AvgIpc) is 2.79. The van der Waals surface area contributed by atoms with Gasteiger partial charge in [0, 0.05) is 13.1 Å². The number of thioether (sulfide) groups is 1. The molecule has 0 saturated carbocycles. The molecule has 0 bridgehead atoms. The number of carboxylic acid groups (broad SMARTS) is 1. The number of hydrogen-bond acceptors (Lipinski definition) is 3. The van der Waals surface area contributed by atoms with Gasteiger partial charge in [0.25, 0.3) is 0 Å². The molecule has 1 unspecified atom stereocenters. The molecule has 0 aliphatic carbocycles. The molecule has 1 aliphatic rings. The minimum atomic E-state index is -1.18. The first-order valence-corrected chi connectivity index (χ1v) is 7.41. The number of likely N-dealkylation sites (N-methyl/N-ethyl adjacent to an activating group) is 1. The van der Waals surface area contributed by atoms with E-state index in [1.165, 1.54) is 4.90 Å². The second kappa shape index (κ2) is 6.31. The van der Waals surface area contributed by atoms with Gasteiger partial charge in [-0.3, -0.25) is 0 Å². The van der Waals surface area contributed by atoms with Gasteiger partial charge in [-0.1, -0.05) is 0 Å². The van der Waals surface area contributed by atoms with Gasteiger partial charge in [0.15, 0.2) is 0 Å². The Hall–Kier alpha value is -0.910. The van der Waals surface area contributed by atoms with Crippen molar-refractivity contribution in [2.75, 3.05) is 24.6 Å². The third kappa shape index (κ3) is 3.54. The number of carboxylic acids is 1. The Morgan fingerprint density at radius 1 is 1.50 bits per heavy atom. The molecule has 5 nitrogen and oxygen atoms in total. The van der Waals surface area contributed by atoms with Crippen LogP contribution in [-0.4, -0.2) is 52.1 Å². The maximum Gasteiger partial charge on any atom is 0.329 e. The van der Waals surface area contributed by atoms with E-state index in [4.69, 9.17) is 5.11 Å². The molecule has 1 fully saturated rings. The second-order valence-electron chi connectivity index (χ2n) is 5.02. The fourth-order valence-corrected chi connectivity index (χ4v) is 3.26.